The van der Waals surface area contributed by atoms with Crippen LogP contribution in [-0.4, -0.2) is 22.5 Å². The minimum Gasteiger partial charge on any atom is -0.280 e. The first-order chi connectivity index (χ1) is 8.23. The van der Waals surface area contributed by atoms with E-state index in [0.29, 0.717) is 0 Å². The number of rotatable bonds is 1. The lowest BCUT2D eigenvalue weighted by Gasteiger charge is -2.06. The highest BCUT2D eigenvalue weighted by Gasteiger charge is 2.15. The van der Waals surface area contributed by atoms with Gasteiger partial charge in [-0.1, -0.05) is 0 Å². The van der Waals surface area contributed by atoms with Crippen LogP contribution in [0.5, 0.6) is 0 Å². The summed E-state index contributed by atoms with van der Waals surface area (Å²) in [4.78, 5) is 27.0. The molecule has 96 valence electrons. The van der Waals surface area contributed by atoms with Gasteiger partial charge in [-0.25, -0.2) is 18.2 Å². The number of nitrogens with zero attached hydrogens (tertiary/aromatic N) is 3. The van der Waals surface area contributed by atoms with Crippen molar-refractivity contribution in [3.05, 3.63) is 33.1 Å². The van der Waals surface area contributed by atoms with Crippen LogP contribution in [0.3, 0.4) is 0 Å². The average molecular weight is 290 g/mol. The largest absolute Gasteiger partial charge is 0.332 e. The SMILES string of the molecule is Cn1c(=O)c2cc(S(=O)(=O)Cl)cnc2n(C)c1=O. The fourth-order valence-electron chi connectivity index (χ4n) is 1.58. The van der Waals surface area contributed by atoms with Crippen molar-refractivity contribution in [1.29, 1.82) is 0 Å². The van der Waals surface area contributed by atoms with Crippen LogP contribution in [0, 0.1) is 0 Å². The first-order valence-corrected chi connectivity index (χ1v) is 7.05. The van der Waals surface area contributed by atoms with Crippen LogP contribution in [0.4, 0.5) is 0 Å². The third kappa shape index (κ3) is 1.83. The molecule has 0 aliphatic heterocycles. The minimum atomic E-state index is -3.97. The maximum atomic E-state index is 11.9. The molecule has 2 aromatic heterocycles. The van der Waals surface area contributed by atoms with E-state index in [0.717, 1.165) is 21.4 Å². The zero-order valence-corrected chi connectivity index (χ0v) is 11.0. The van der Waals surface area contributed by atoms with Crippen LogP contribution in [0.1, 0.15) is 0 Å². The Labute approximate surface area is 106 Å². The molecule has 0 saturated heterocycles. The molecule has 0 amide bonds. The summed E-state index contributed by atoms with van der Waals surface area (Å²) in [7, 11) is 3.94. The molecule has 0 aliphatic carbocycles. The van der Waals surface area contributed by atoms with Gasteiger partial charge in [-0.15, -0.1) is 0 Å². The highest BCUT2D eigenvalue weighted by Crippen LogP contribution is 2.16. The summed E-state index contributed by atoms with van der Waals surface area (Å²) in [5.41, 5.74) is -1.06. The van der Waals surface area contributed by atoms with E-state index in [-0.39, 0.29) is 15.9 Å². The number of aryl methyl sites for hydroxylation is 1. The molecule has 0 bridgehead atoms. The summed E-state index contributed by atoms with van der Waals surface area (Å²) in [6.45, 7) is 0. The summed E-state index contributed by atoms with van der Waals surface area (Å²) in [6.07, 6.45) is 1.00. The Morgan fingerprint density at radius 2 is 1.83 bits per heavy atom. The van der Waals surface area contributed by atoms with Crippen molar-refractivity contribution < 1.29 is 8.42 Å². The van der Waals surface area contributed by atoms with Crippen molar-refractivity contribution in [3.63, 3.8) is 0 Å². The molecule has 0 atom stereocenters. The van der Waals surface area contributed by atoms with Crippen molar-refractivity contribution >= 4 is 30.8 Å². The lowest BCUT2D eigenvalue weighted by Crippen LogP contribution is -2.37. The molecule has 0 spiro atoms. The zero-order chi connectivity index (χ0) is 13.7. The Balaban J connectivity index is 3.05. The molecular formula is C9H8ClN3O4S. The number of aromatic nitrogens is 3. The summed E-state index contributed by atoms with van der Waals surface area (Å²) in [5.74, 6) is 0. The molecular weight excluding hydrogens is 282 g/mol. The number of fused-ring (bicyclic) bond motifs is 1. The quantitative estimate of drug-likeness (QED) is 0.664. The number of hydrogen-bond donors (Lipinski definition) is 0. The van der Waals surface area contributed by atoms with Gasteiger partial charge in [-0.2, -0.15) is 0 Å². The van der Waals surface area contributed by atoms with Gasteiger partial charge in [-0.3, -0.25) is 13.9 Å². The standard InChI is InChI=1S/C9H8ClN3O4S/c1-12-7-6(8(14)13(2)9(12)15)3-5(4-11-7)18(10,16)17/h3-4H,1-2H3. The molecule has 0 aromatic carbocycles. The van der Waals surface area contributed by atoms with Gasteiger partial charge in [0.15, 0.2) is 0 Å². The Morgan fingerprint density at radius 1 is 1.22 bits per heavy atom. The molecule has 0 fully saturated rings. The number of pyridine rings is 1. The van der Waals surface area contributed by atoms with E-state index >= 15 is 0 Å². The normalized spacial score (nSPS) is 11.9. The predicted molar refractivity (Wildman–Crippen MR) is 65.3 cm³/mol. The summed E-state index contributed by atoms with van der Waals surface area (Å²) < 4.78 is 24.4. The number of halogens is 1. The second-order valence-electron chi connectivity index (χ2n) is 3.69. The molecule has 0 radical (unpaired) electrons. The predicted octanol–water partition coefficient (Wildman–Crippen LogP) is -0.440. The van der Waals surface area contributed by atoms with Crippen LogP contribution < -0.4 is 11.2 Å². The maximum Gasteiger partial charge on any atom is 0.332 e. The second kappa shape index (κ2) is 3.92. The van der Waals surface area contributed by atoms with Crippen LogP contribution in [0.15, 0.2) is 26.7 Å². The molecule has 7 nitrogen and oxygen atoms in total. The van der Waals surface area contributed by atoms with E-state index in [1.807, 2.05) is 0 Å². The second-order valence-corrected chi connectivity index (χ2v) is 6.25. The van der Waals surface area contributed by atoms with E-state index in [4.69, 9.17) is 10.7 Å². The van der Waals surface area contributed by atoms with Crippen molar-refractivity contribution in [1.82, 2.24) is 14.1 Å². The molecule has 0 N–H and O–H groups in total. The zero-order valence-electron chi connectivity index (χ0n) is 9.42. The van der Waals surface area contributed by atoms with E-state index < -0.39 is 20.3 Å². The molecule has 2 heterocycles. The van der Waals surface area contributed by atoms with Gasteiger partial charge < -0.3 is 0 Å². The molecule has 0 unspecified atom stereocenters. The van der Waals surface area contributed by atoms with Gasteiger partial charge in [0.25, 0.3) is 14.6 Å². The Kier molecular flexibility index (Phi) is 2.78. The molecule has 2 aromatic rings. The molecule has 9 heteroatoms. The number of hydrogen-bond acceptors (Lipinski definition) is 5. The first-order valence-electron chi connectivity index (χ1n) is 4.74. The third-order valence-corrected chi connectivity index (χ3v) is 3.87. The molecule has 2 rings (SSSR count). The summed E-state index contributed by atoms with van der Waals surface area (Å²) in [6, 6.07) is 1.10. The molecule has 0 aliphatic rings. The van der Waals surface area contributed by atoms with Gasteiger partial charge >= 0.3 is 5.69 Å². The van der Waals surface area contributed by atoms with Crippen LogP contribution in [0.2, 0.25) is 0 Å². The smallest absolute Gasteiger partial charge is 0.280 e. The van der Waals surface area contributed by atoms with Gasteiger partial charge in [0.1, 0.15) is 10.5 Å². The summed E-state index contributed by atoms with van der Waals surface area (Å²) >= 11 is 0. The monoisotopic (exact) mass is 289 g/mol. The van der Waals surface area contributed by atoms with E-state index in [1.54, 1.807) is 0 Å². The fraction of sp³-hybridized carbons (Fsp3) is 0.222. The Bertz CT molecular complexity index is 866. The van der Waals surface area contributed by atoms with Crippen LogP contribution in [0.25, 0.3) is 11.0 Å². The van der Waals surface area contributed by atoms with E-state index in [2.05, 4.69) is 4.98 Å². The van der Waals surface area contributed by atoms with Gasteiger partial charge in [-0.05, 0) is 6.07 Å². The van der Waals surface area contributed by atoms with Crippen molar-refractivity contribution in [2.75, 3.05) is 0 Å². The first kappa shape index (κ1) is 12.8. The Morgan fingerprint density at radius 3 is 2.39 bits per heavy atom. The lowest BCUT2D eigenvalue weighted by molar-refractivity contribution is 0.609. The summed E-state index contributed by atoms with van der Waals surface area (Å²) in [5, 5.41) is 0.0151. The maximum absolute atomic E-state index is 11.9. The third-order valence-electron chi connectivity index (χ3n) is 2.55. The van der Waals surface area contributed by atoms with Crippen molar-refractivity contribution in [2.24, 2.45) is 14.1 Å². The highest BCUT2D eigenvalue weighted by molar-refractivity contribution is 8.13. The molecule has 18 heavy (non-hydrogen) atoms. The van der Waals surface area contributed by atoms with Crippen LogP contribution in [-0.2, 0) is 23.1 Å². The van der Waals surface area contributed by atoms with Crippen LogP contribution >= 0.6 is 10.7 Å². The lowest BCUT2D eigenvalue weighted by atomic mass is 10.3. The van der Waals surface area contributed by atoms with Gasteiger partial charge in [0.05, 0.1) is 5.39 Å². The van der Waals surface area contributed by atoms with Gasteiger partial charge in [0.2, 0.25) is 0 Å². The van der Waals surface area contributed by atoms with Gasteiger partial charge in [0, 0.05) is 31.0 Å². The molecule has 0 saturated carbocycles. The van der Waals surface area contributed by atoms with E-state index in [1.165, 1.54) is 14.1 Å². The average Bonchev–Trinajstić information content (AvgIpc) is 2.32. The minimum absolute atomic E-state index is 0.0151. The fourth-order valence-corrected chi connectivity index (χ4v) is 2.27. The Hall–Kier alpha value is -1.67. The topological polar surface area (TPSA) is 91.0 Å². The van der Waals surface area contributed by atoms with E-state index in [9.17, 15) is 18.0 Å². The van der Waals surface area contributed by atoms with Crippen molar-refractivity contribution in [3.8, 4) is 0 Å². The highest BCUT2D eigenvalue weighted by atomic mass is 35.7. The van der Waals surface area contributed by atoms with Crippen molar-refractivity contribution in [2.45, 2.75) is 4.90 Å².